The highest BCUT2D eigenvalue weighted by atomic mass is 16.7. The molecule has 0 bridgehead atoms. The van der Waals surface area contributed by atoms with E-state index in [0.717, 1.165) is 26.3 Å². The van der Waals surface area contributed by atoms with Gasteiger partial charge in [0.2, 0.25) is 5.79 Å². The summed E-state index contributed by atoms with van der Waals surface area (Å²) < 4.78 is 37.6. The van der Waals surface area contributed by atoms with Crippen molar-refractivity contribution in [3.05, 3.63) is 23.8 Å². The van der Waals surface area contributed by atoms with Crippen LogP contribution in [0.25, 0.3) is 0 Å². The van der Waals surface area contributed by atoms with Crippen molar-refractivity contribution in [2.45, 2.75) is 83.6 Å². The van der Waals surface area contributed by atoms with Crippen LogP contribution < -0.4 is 9.47 Å². The van der Waals surface area contributed by atoms with Crippen LogP contribution in [0.5, 0.6) is 11.5 Å². The molecule has 0 unspecified atom stereocenters. The third kappa shape index (κ3) is 8.88. The fourth-order valence-corrected chi connectivity index (χ4v) is 4.28. The summed E-state index contributed by atoms with van der Waals surface area (Å²) in [6, 6.07) is 5.49. The van der Waals surface area contributed by atoms with Gasteiger partial charge < -0.3 is 38.3 Å². The van der Waals surface area contributed by atoms with E-state index in [1.807, 2.05) is 12.1 Å². The highest BCUT2D eigenvalue weighted by molar-refractivity contribution is 5.68. The Bertz CT molecular complexity index is 970. The van der Waals surface area contributed by atoms with Gasteiger partial charge in [0, 0.05) is 40.2 Å². The Kier molecular flexibility index (Phi) is 11.3. The quantitative estimate of drug-likeness (QED) is 0.234. The fraction of sp³-hybridized carbons (Fsp3) is 0.615. The lowest BCUT2D eigenvalue weighted by Gasteiger charge is -2.48. The number of carbonyl (C=O) groups excluding carboxylic acids is 4. The summed E-state index contributed by atoms with van der Waals surface area (Å²) >= 11 is 0. The number of rotatable bonds is 12. The minimum Gasteiger partial charge on any atom is -0.497 e. The first-order valence-corrected chi connectivity index (χ1v) is 12.2. The van der Waals surface area contributed by atoms with E-state index in [0.29, 0.717) is 30.8 Å². The lowest BCUT2D eigenvalue weighted by molar-refractivity contribution is -0.354. The zero-order valence-corrected chi connectivity index (χ0v) is 22.5. The SMILES string of the molecule is COc1cc(CCCC[C@@]2(O)O[C@H](COC(C)=O)[C@@H](OC(C)=O)[C@H](OC(C)=O)[C@H]2OC(C)=O)cc(OC)c1. The molecule has 38 heavy (non-hydrogen) atoms. The number of benzene rings is 1. The number of unbranched alkanes of at least 4 members (excludes halogenated alkanes) is 1. The summed E-state index contributed by atoms with van der Waals surface area (Å²) in [4.78, 5) is 47.2. The fourth-order valence-electron chi connectivity index (χ4n) is 4.28. The van der Waals surface area contributed by atoms with E-state index in [1.165, 1.54) is 6.92 Å². The van der Waals surface area contributed by atoms with Crippen molar-refractivity contribution < 1.29 is 57.4 Å². The number of esters is 4. The van der Waals surface area contributed by atoms with Crippen LogP contribution in [0.4, 0.5) is 0 Å². The van der Waals surface area contributed by atoms with Crippen LogP contribution in [0, 0.1) is 0 Å². The second kappa shape index (κ2) is 14.0. The first kappa shape index (κ1) is 30.8. The van der Waals surface area contributed by atoms with Gasteiger partial charge in [0.15, 0.2) is 18.3 Å². The molecule has 0 aliphatic carbocycles. The first-order chi connectivity index (χ1) is 17.9. The van der Waals surface area contributed by atoms with Crippen LogP contribution in [0.1, 0.15) is 52.5 Å². The van der Waals surface area contributed by atoms with Crippen molar-refractivity contribution in [1.82, 2.24) is 0 Å². The lowest BCUT2D eigenvalue weighted by atomic mass is 9.88. The third-order valence-corrected chi connectivity index (χ3v) is 5.80. The maximum absolute atomic E-state index is 12.0. The van der Waals surface area contributed by atoms with E-state index in [9.17, 15) is 24.3 Å². The number of methoxy groups -OCH3 is 2. The zero-order chi connectivity index (χ0) is 28.5. The van der Waals surface area contributed by atoms with E-state index < -0.39 is 60.7 Å². The maximum Gasteiger partial charge on any atom is 0.303 e. The van der Waals surface area contributed by atoms with E-state index in [2.05, 4.69) is 0 Å². The van der Waals surface area contributed by atoms with Crippen LogP contribution in [-0.4, -0.2) is 80.0 Å². The van der Waals surface area contributed by atoms with Gasteiger partial charge in [0.1, 0.15) is 24.2 Å². The summed E-state index contributed by atoms with van der Waals surface area (Å²) in [7, 11) is 3.11. The van der Waals surface area contributed by atoms with Gasteiger partial charge in [-0.1, -0.05) is 0 Å². The summed E-state index contributed by atoms with van der Waals surface area (Å²) in [5, 5.41) is 11.6. The lowest BCUT2D eigenvalue weighted by Crippen LogP contribution is -2.68. The van der Waals surface area contributed by atoms with Gasteiger partial charge in [-0.25, -0.2) is 0 Å². The normalized spacial score (nSPS) is 24.6. The molecule has 1 N–H and O–H groups in total. The largest absolute Gasteiger partial charge is 0.497 e. The molecule has 1 fully saturated rings. The molecule has 1 aromatic rings. The van der Waals surface area contributed by atoms with E-state index >= 15 is 0 Å². The molecule has 12 heteroatoms. The van der Waals surface area contributed by atoms with Crippen molar-refractivity contribution in [1.29, 1.82) is 0 Å². The minimum absolute atomic E-state index is 0.0484. The summed E-state index contributed by atoms with van der Waals surface area (Å²) in [6.07, 6.45) is -3.99. The molecule has 0 radical (unpaired) electrons. The Morgan fingerprint density at radius 3 is 1.87 bits per heavy atom. The number of aryl methyl sites for hydroxylation is 1. The molecule has 212 valence electrons. The Morgan fingerprint density at radius 1 is 0.816 bits per heavy atom. The van der Waals surface area contributed by atoms with Gasteiger partial charge in [-0.3, -0.25) is 19.2 Å². The van der Waals surface area contributed by atoms with Crippen molar-refractivity contribution in [3.63, 3.8) is 0 Å². The highest BCUT2D eigenvalue weighted by Crippen LogP contribution is 2.37. The molecule has 1 aliphatic heterocycles. The van der Waals surface area contributed by atoms with Gasteiger partial charge in [-0.2, -0.15) is 0 Å². The van der Waals surface area contributed by atoms with Gasteiger partial charge in [0.25, 0.3) is 0 Å². The molecule has 0 aromatic heterocycles. The van der Waals surface area contributed by atoms with E-state index in [4.69, 9.17) is 33.2 Å². The Balaban J connectivity index is 2.30. The van der Waals surface area contributed by atoms with Gasteiger partial charge in [0.05, 0.1) is 14.2 Å². The van der Waals surface area contributed by atoms with Crippen LogP contribution in [0.15, 0.2) is 18.2 Å². The molecular weight excluding hydrogens is 504 g/mol. The average molecular weight is 541 g/mol. The standard InChI is InChI=1S/C26H36O12/c1-15(27)34-14-22-23(35-16(2)28)24(36-17(3)29)25(37-18(4)30)26(31,38-22)10-8-7-9-19-11-20(32-5)13-21(12-19)33-6/h11-13,22-25,31H,7-10,14H2,1-6H3/t22-,23-,24+,25-,26-/m1/s1. The summed E-state index contributed by atoms with van der Waals surface area (Å²) in [5.74, 6) is -3.82. The second-order valence-electron chi connectivity index (χ2n) is 8.91. The van der Waals surface area contributed by atoms with Gasteiger partial charge in [-0.15, -0.1) is 0 Å². The van der Waals surface area contributed by atoms with Crippen LogP contribution in [0.2, 0.25) is 0 Å². The number of hydrogen-bond donors (Lipinski definition) is 1. The van der Waals surface area contributed by atoms with Crippen LogP contribution >= 0.6 is 0 Å². The maximum atomic E-state index is 12.0. The molecule has 0 spiro atoms. The van der Waals surface area contributed by atoms with Crippen molar-refractivity contribution in [2.24, 2.45) is 0 Å². The van der Waals surface area contributed by atoms with Crippen LogP contribution in [0.3, 0.4) is 0 Å². The molecule has 1 saturated heterocycles. The predicted molar refractivity (Wildman–Crippen MR) is 130 cm³/mol. The molecule has 1 aliphatic rings. The predicted octanol–water partition coefficient (Wildman–Crippen LogP) is 1.86. The molecule has 0 saturated carbocycles. The number of carbonyl (C=O) groups is 4. The van der Waals surface area contributed by atoms with E-state index in [1.54, 1.807) is 20.3 Å². The number of aliphatic hydroxyl groups is 1. The molecule has 5 atom stereocenters. The van der Waals surface area contributed by atoms with E-state index in [-0.39, 0.29) is 6.42 Å². The second-order valence-corrected chi connectivity index (χ2v) is 8.91. The zero-order valence-electron chi connectivity index (χ0n) is 22.5. The summed E-state index contributed by atoms with van der Waals surface area (Å²) in [5.41, 5.74) is 0.940. The van der Waals surface area contributed by atoms with Gasteiger partial charge in [-0.05, 0) is 37.0 Å². The molecule has 1 heterocycles. The molecule has 0 amide bonds. The average Bonchev–Trinajstić information content (AvgIpc) is 2.83. The highest BCUT2D eigenvalue weighted by Gasteiger charge is 2.59. The molecule has 12 nitrogen and oxygen atoms in total. The molecule has 1 aromatic carbocycles. The number of ether oxygens (including phenoxy) is 7. The van der Waals surface area contributed by atoms with Crippen molar-refractivity contribution >= 4 is 23.9 Å². The Hall–Kier alpha value is -3.38. The monoisotopic (exact) mass is 540 g/mol. The molecular formula is C26H36O12. The topological polar surface area (TPSA) is 153 Å². The number of hydrogen-bond acceptors (Lipinski definition) is 12. The minimum atomic E-state index is -2.15. The van der Waals surface area contributed by atoms with Gasteiger partial charge >= 0.3 is 23.9 Å². The molecule has 2 rings (SSSR count). The Morgan fingerprint density at radius 2 is 1.37 bits per heavy atom. The van der Waals surface area contributed by atoms with Crippen LogP contribution in [-0.2, 0) is 49.3 Å². The smallest absolute Gasteiger partial charge is 0.303 e. The van der Waals surface area contributed by atoms with Crippen molar-refractivity contribution in [2.75, 3.05) is 20.8 Å². The summed E-state index contributed by atoms with van der Waals surface area (Å²) in [6.45, 7) is 4.13. The third-order valence-electron chi connectivity index (χ3n) is 5.80. The van der Waals surface area contributed by atoms with Crippen molar-refractivity contribution in [3.8, 4) is 11.5 Å². The Labute approximate surface area is 221 Å². The first-order valence-electron chi connectivity index (χ1n) is 12.2.